The number of hydrogen-bond acceptors (Lipinski definition) is 5. The molecule has 1 aromatic rings. The van der Waals surface area contributed by atoms with E-state index in [9.17, 15) is 18.3 Å². The third kappa shape index (κ3) is 2.95. The molecule has 0 fully saturated rings. The summed E-state index contributed by atoms with van der Waals surface area (Å²) in [5.41, 5.74) is 0.00685. The predicted octanol–water partition coefficient (Wildman–Crippen LogP) is 0.217. The Morgan fingerprint density at radius 3 is 2.41 bits per heavy atom. The van der Waals surface area contributed by atoms with Crippen molar-refractivity contribution in [1.29, 1.82) is 0 Å². The smallest absolute Gasteiger partial charge is 0.337 e. The van der Waals surface area contributed by atoms with Crippen LogP contribution in [-0.2, 0) is 14.6 Å². The highest BCUT2D eigenvalue weighted by atomic mass is 32.2. The number of aliphatic hydroxyl groups excluding tert-OH is 1. The zero-order chi connectivity index (χ0) is 13.2. The van der Waals surface area contributed by atoms with Crippen LogP contribution in [0.25, 0.3) is 0 Å². The number of carboxylic acids is 1. The fourth-order valence-corrected chi connectivity index (χ4v) is 1.92. The molecule has 6 nitrogen and oxygen atoms in total. The van der Waals surface area contributed by atoms with Crippen LogP contribution in [-0.4, -0.2) is 38.0 Å². The van der Waals surface area contributed by atoms with Gasteiger partial charge in [0, 0.05) is 11.8 Å². The van der Waals surface area contributed by atoms with Crippen molar-refractivity contribution in [3.05, 3.63) is 23.8 Å². The van der Waals surface area contributed by atoms with E-state index in [1.807, 2.05) is 0 Å². The summed E-state index contributed by atoms with van der Waals surface area (Å²) in [6.07, 6.45) is -0.728. The summed E-state index contributed by atoms with van der Waals surface area (Å²) >= 11 is 0. The summed E-state index contributed by atoms with van der Waals surface area (Å²) in [6.45, 7) is 0. The van der Waals surface area contributed by atoms with Crippen LogP contribution in [0.15, 0.2) is 23.1 Å². The van der Waals surface area contributed by atoms with E-state index in [0.29, 0.717) is 0 Å². The molecule has 1 aromatic carbocycles. The summed E-state index contributed by atoms with van der Waals surface area (Å²) in [6, 6.07) is 3.62. The van der Waals surface area contributed by atoms with Gasteiger partial charge in [-0.2, -0.15) is 0 Å². The van der Waals surface area contributed by atoms with E-state index < -0.39 is 21.9 Å². The summed E-state index contributed by atoms with van der Waals surface area (Å²) in [4.78, 5) is 10.6. The Bertz CT molecular complexity index is 534. The molecule has 7 heteroatoms. The lowest BCUT2D eigenvalue weighted by molar-refractivity contribution is -0.147. The highest BCUT2D eigenvalue weighted by Gasteiger charge is 2.21. The maximum absolute atomic E-state index is 11.3. The van der Waals surface area contributed by atoms with Gasteiger partial charge in [-0.15, -0.1) is 0 Å². The maximum atomic E-state index is 11.3. The molecule has 0 amide bonds. The molecule has 0 aliphatic carbocycles. The first-order valence-electron chi connectivity index (χ1n) is 4.56. The summed E-state index contributed by atoms with van der Waals surface area (Å²) in [7, 11) is -2.14. The molecule has 1 unspecified atom stereocenters. The normalized spacial score (nSPS) is 13.1. The van der Waals surface area contributed by atoms with Crippen molar-refractivity contribution in [3.8, 4) is 5.75 Å². The Balaban J connectivity index is 3.33. The fraction of sp³-hybridized carbons (Fsp3) is 0.300. The van der Waals surface area contributed by atoms with Gasteiger partial charge in [-0.3, -0.25) is 0 Å². The molecule has 0 aliphatic heterocycles. The number of benzene rings is 1. The first-order chi connectivity index (χ1) is 7.77. The van der Waals surface area contributed by atoms with Gasteiger partial charge in [0.15, 0.2) is 15.9 Å². The SMILES string of the molecule is COc1cc(S(C)(=O)=O)ccc1C(O)C(=O)O. The first-order valence-corrected chi connectivity index (χ1v) is 6.45. The molecule has 94 valence electrons. The van der Waals surface area contributed by atoms with Crippen LogP contribution in [0, 0.1) is 0 Å². The zero-order valence-corrected chi connectivity index (χ0v) is 10.1. The topological polar surface area (TPSA) is 101 Å². The third-order valence-electron chi connectivity index (χ3n) is 2.16. The van der Waals surface area contributed by atoms with Crippen LogP contribution in [0.4, 0.5) is 0 Å². The second-order valence-corrected chi connectivity index (χ2v) is 5.43. The van der Waals surface area contributed by atoms with Gasteiger partial charge in [0.2, 0.25) is 0 Å². The van der Waals surface area contributed by atoms with Gasteiger partial charge in [-0.1, -0.05) is 6.07 Å². The Labute approximate surface area is 98.4 Å². The quantitative estimate of drug-likeness (QED) is 0.803. The van der Waals surface area contributed by atoms with E-state index >= 15 is 0 Å². The molecule has 0 saturated heterocycles. The second-order valence-electron chi connectivity index (χ2n) is 3.42. The van der Waals surface area contributed by atoms with Crippen molar-refractivity contribution >= 4 is 15.8 Å². The van der Waals surface area contributed by atoms with Crippen LogP contribution in [0.1, 0.15) is 11.7 Å². The zero-order valence-electron chi connectivity index (χ0n) is 9.25. The van der Waals surface area contributed by atoms with Crippen molar-refractivity contribution < 1.29 is 28.2 Å². The average molecular weight is 260 g/mol. The van der Waals surface area contributed by atoms with Crippen LogP contribution >= 0.6 is 0 Å². The maximum Gasteiger partial charge on any atom is 0.337 e. The van der Waals surface area contributed by atoms with Crippen LogP contribution in [0.3, 0.4) is 0 Å². The summed E-state index contributed by atoms with van der Waals surface area (Å²) in [5.74, 6) is -1.42. The van der Waals surface area contributed by atoms with Crippen molar-refractivity contribution in [3.63, 3.8) is 0 Å². The Hall–Kier alpha value is -1.60. The van der Waals surface area contributed by atoms with E-state index in [-0.39, 0.29) is 16.2 Å². The summed E-state index contributed by atoms with van der Waals surface area (Å²) < 4.78 is 27.4. The van der Waals surface area contributed by atoms with Crippen molar-refractivity contribution in [2.45, 2.75) is 11.0 Å². The molecule has 17 heavy (non-hydrogen) atoms. The lowest BCUT2D eigenvalue weighted by Crippen LogP contribution is -2.12. The Kier molecular flexibility index (Phi) is 3.74. The number of aliphatic carboxylic acids is 1. The largest absolute Gasteiger partial charge is 0.496 e. The van der Waals surface area contributed by atoms with Crippen LogP contribution in [0.5, 0.6) is 5.75 Å². The molecular formula is C10H12O6S. The molecule has 0 radical (unpaired) electrons. The van der Waals surface area contributed by atoms with Gasteiger partial charge in [0.05, 0.1) is 12.0 Å². The number of carbonyl (C=O) groups is 1. The van der Waals surface area contributed by atoms with Gasteiger partial charge < -0.3 is 14.9 Å². The number of hydrogen-bond donors (Lipinski definition) is 2. The number of sulfone groups is 1. The van der Waals surface area contributed by atoms with Gasteiger partial charge in [0.25, 0.3) is 0 Å². The molecular weight excluding hydrogens is 248 g/mol. The molecule has 0 bridgehead atoms. The van der Waals surface area contributed by atoms with Crippen molar-refractivity contribution in [2.75, 3.05) is 13.4 Å². The van der Waals surface area contributed by atoms with Gasteiger partial charge in [-0.25, -0.2) is 13.2 Å². The van der Waals surface area contributed by atoms with Crippen LogP contribution < -0.4 is 4.74 Å². The lowest BCUT2D eigenvalue weighted by atomic mass is 10.1. The van der Waals surface area contributed by atoms with E-state index in [0.717, 1.165) is 6.26 Å². The first kappa shape index (κ1) is 13.5. The number of aliphatic hydroxyl groups is 1. The lowest BCUT2D eigenvalue weighted by Gasteiger charge is -2.12. The number of carboxylic acid groups (broad SMARTS) is 1. The molecule has 0 spiro atoms. The number of ether oxygens (including phenoxy) is 1. The highest BCUT2D eigenvalue weighted by molar-refractivity contribution is 7.90. The molecule has 0 aromatic heterocycles. The molecule has 0 heterocycles. The monoisotopic (exact) mass is 260 g/mol. The van der Waals surface area contributed by atoms with Crippen LogP contribution in [0.2, 0.25) is 0 Å². The minimum atomic E-state index is -3.41. The fourth-order valence-electron chi connectivity index (χ4n) is 1.28. The minimum Gasteiger partial charge on any atom is -0.496 e. The average Bonchev–Trinajstić information content (AvgIpc) is 2.25. The molecule has 0 saturated carbocycles. The summed E-state index contributed by atoms with van der Waals surface area (Å²) in [5, 5.41) is 18.0. The Morgan fingerprint density at radius 2 is 2.00 bits per heavy atom. The third-order valence-corrected chi connectivity index (χ3v) is 3.27. The van der Waals surface area contributed by atoms with Crippen molar-refractivity contribution in [1.82, 2.24) is 0 Å². The van der Waals surface area contributed by atoms with Crippen molar-refractivity contribution in [2.24, 2.45) is 0 Å². The van der Waals surface area contributed by atoms with Gasteiger partial charge in [0.1, 0.15) is 5.75 Å². The number of rotatable bonds is 4. The molecule has 1 rings (SSSR count). The highest BCUT2D eigenvalue weighted by Crippen LogP contribution is 2.28. The number of methoxy groups -OCH3 is 1. The van der Waals surface area contributed by atoms with E-state index in [2.05, 4.69) is 0 Å². The van der Waals surface area contributed by atoms with E-state index in [1.165, 1.54) is 25.3 Å². The minimum absolute atomic E-state index is 0.00399. The molecule has 1 atom stereocenters. The molecule has 0 aliphatic rings. The standard InChI is InChI=1S/C10H12O6S/c1-16-8-5-6(17(2,14)15)3-4-7(8)9(11)10(12)13/h3-5,9,11H,1-2H3,(H,12,13). The van der Waals surface area contributed by atoms with Gasteiger partial charge >= 0.3 is 5.97 Å². The predicted molar refractivity (Wildman–Crippen MR) is 58.7 cm³/mol. The van der Waals surface area contributed by atoms with E-state index in [4.69, 9.17) is 9.84 Å². The Morgan fingerprint density at radius 1 is 1.41 bits per heavy atom. The van der Waals surface area contributed by atoms with E-state index in [1.54, 1.807) is 0 Å². The van der Waals surface area contributed by atoms with Gasteiger partial charge in [-0.05, 0) is 12.1 Å². The molecule has 2 N–H and O–H groups in total. The second kappa shape index (κ2) is 4.72.